The number of hydrogen-bond donors (Lipinski definition) is 0. The summed E-state index contributed by atoms with van der Waals surface area (Å²) in [4.78, 5) is 33.8. The highest BCUT2D eigenvalue weighted by Crippen LogP contribution is 2.02. The Labute approximate surface area is 81.3 Å². The normalized spacial score (nSPS) is 15.1. The molecule has 0 spiro atoms. The maximum atomic E-state index is 11.0. The van der Waals surface area contributed by atoms with Gasteiger partial charge in [0, 0.05) is 18.6 Å². The average Bonchev–Trinajstić information content (AvgIpc) is 2.48. The molecule has 2 amide bonds. The molecular formula is C9H11NO4. The summed E-state index contributed by atoms with van der Waals surface area (Å²) >= 11 is 0. The van der Waals surface area contributed by atoms with Crippen LogP contribution in [-0.2, 0) is 19.1 Å². The summed E-state index contributed by atoms with van der Waals surface area (Å²) in [6, 6.07) is 0. The molecule has 0 fully saturated rings. The summed E-state index contributed by atoms with van der Waals surface area (Å²) in [6.07, 6.45) is 2.69. The van der Waals surface area contributed by atoms with Gasteiger partial charge < -0.3 is 4.74 Å². The third-order valence-corrected chi connectivity index (χ3v) is 1.77. The molecule has 0 unspecified atom stereocenters. The highest BCUT2D eigenvalue weighted by Gasteiger charge is 2.22. The number of nitrogens with zero attached hydrogens (tertiary/aromatic N) is 1. The fourth-order valence-electron chi connectivity index (χ4n) is 1.00. The summed E-state index contributed by atoms with van der Waals surface area (Å²) in [5.41, 5.74) is 0. The zero-order valence-corrected chi connectivity index (χ0v) is 7.86. The van der Waals surface area contributed by atoms with Gasteiger partial charge in [-0.25, -0.2) is 0 Å². The fraction of sp³-hybridized carbons (Fsp3) is 0.444. The van der Waals surface area contributed by atoms with Crippen LogP contribution >= 0.6 is 0 Å². The van der Waals surface area contributed by atoms with Crippen LogP contribution in [0, 0.1) is 0 Å². The minimum atomic E-state index is -0.359. The third kappa shape index (κ3) is 2.42. The van der Waals surface area contributed by atoms with E-state index in [4.69, 9.17) is 4.74 Å². The second kappa shape index (κ2) is 4.55. The minimum Gasteiger partial charge on any atom is -0.464 e. The zero-order chi connectivity index (χ0) is 10.6. The van der Waals surface area contributed by atoms with Gasteiger partial charge in [0.1, 0.15) is 6.61 Å². The lowest BCUT2D eigenvalue weighted by atomic mass is 10.5. The van der Waals surface area contributed by atoms with E-state index in [0.29, 0.717) is 6.42 Å². The maximum absolute atomic E-state index is 11.0. The number of hydrogen-bond acceptors (Lipinski definition) is 4. The van der Waals surface area contributed by atoms with Gasteiger partial charge in [0.25, 0.3) is 11.8 Å². The zero-order valence-electron chi connectivity index (χ0n) is 7.86. The molecule has 0 aromatic carbocycles. The van der Waals surface area contributed by atoms with E-state index >= 15 is 0 Å². The Kier molecular flexibility index (Phi) is 3.39. The highest BCUT2D eigenvalue weighted by atomic mass is 16.5. The summed E-state index contributed by atoms with van der Waals surface area (Å²) < 4.78 is 4.74. The SMILES string of the molecule is CCC(=O)OCCN1C(=O)C=CC1=O. The largest absolute Gasteiger partial charge is 0.464 e. The van der Waals surface area contributed by atoms with Crippen LogP contribution in [0.2, 0.25) is 0 Å². The van der Waals surface area contributed by atoms with Gasteiger partial charge in [0.2, 0.25) is 0 Å². The number of carbonyl (C=O) groups excluding carboxylic acids is 3. The van der Waals surface area contributed by atoms with E-state index < -0.39 is 0 Å². The molecule has 0 saturated carbocycles. The Morgan fingerprint density at radius 3 is 2.43 bits per heavy atom. The minimum absolute atomic E-state index is 0.0613. The van der Waals surface area contributed by atoms with Crippen LogP contribution in [0.15, 0.2) is 12.2 Å². The fourth-order valence-corrected chi connectivity index (χ4v) is 1.00. The molecule has 1 rings (SSSR count). The molecule has 76 valence electrons. The van der Waals surface area contributed by atoms with Crippen molar-refractivity contribution in [3.8, 4) is 0 Å². The second-order valence-corrected chi connectivity index (χ2v) is 2.74. The summed E-state index contributed by atoms with van der Waals surface area (Å²) in [7, 11) is 0. The first kappa shape index (κ1) is 10.4. The Morgan fingerprint density at radius 2 is 1.93 bits per heavy atom. The van der Waals surface area contributed by atoms with Gasteiger partial charge in [0.15, 0.2) is 0 Å². The van der Waals surface area contributed by atoms with Crippen LogP contribution in [-0.4, -0.2) is 35.8 Å². The predicted molar refractivity (Wildman–Crippen MR) is 47.1 cm³/mol. The molecule has 5 heteroatoms. The molecule has 1 aliphatic rings. The van der Waals surface area contributed by atoms with E-state index in [1.54, 1.807) is 6.92 Å². The lowest BCUT2D eigenvalue weighted by Gasteiger charge is -2.12. The Morgan fingerprint density at radius 1 is 1.36 bits per heavy atom. The van der Waals surface area contributed by atoms with Gasteiger partial charge in [-0.3, -0.25) is 19.3 Å². The molecule has 0 radical (unpaired) electrons. The van der Waals surface area contributed by atoms with Crippen molar-refractivity contribution >= 4 is 17.8 Å². The van der Waals surface area contributed by atoms with Crippen molar-refractivity contribution in [1.82, 2.24) is 4.90 Å². The molecule has 0 aromatic heterocycles. The van der Waals surface area contributed by atoms with Gasteiger partial charge in [-0.1, -0.05) is 6.92 Å². The molecular weight excluding hydrogens is 186 g/mol. The molecule has 1 heterocycles. The van der Waals surface area contributed by atoms with E-state index in [-0.39, 0.29) is 30.9 Å². The Hall–Kier alpha value is -1.65. The molecule has 1 aliphatic heterocycles. The molecule has 0 aromatic rings. The number of carbonyl (C=O) groups is 3. The summed E-state index contributed by atoms with van der Waals surface area (Å²) in [6.45, 7) is 1.86. The number of esters is 1. The molecule has 0 atom stereocenters. The van der Waals surface area contributed by atoms with E-state index in [0.717, 1.165) is 4.90 Å². The summed E-state index contributed by atoms with van der Waals surface area (Å²) in [5.74, 6) is -1.05. The first-order valence-electron chi connectivity index (χ1n) is 4.34. The number of amides is 2. The van der Waals surface area contributed by atoms with Gasteiger partial charge >= 0.3 is 5.97 Å². The quantitative estimate of drug-likeness (QED) is 0.465. The van der Waals surface area contributed by atoms with Gasteiger partial charge in [-0.2, -0.15) is 0 Å². The third-order valence-electron chi connectivity index (χ3n) is 1.77. The highest BCUT2D eigenvalue weighted by molar-refractivity contribution is 6.12. The standard InChI is InChI=1S/C9H11NO4/c1-2-9(13)14-6-5-10-7(11)3-4-8(10)12/h3-4H,2,5-6H2,1H3. The monoisotopic (exact) mass is 197 g/mol. The predicted octanol–water partition coefficient (Wildman–Crippen LogP) is -0.135. The van der Waals surface area contributed by atoms with Crippen LogP contribution < -0.4 is 0 Å². The smallest absolute Gasteiger partial charge is 0.305 e. The first-order valence-corrected chi connectivity index (χ1v) is 4.34. The van der Waals surface area contributed by atoms with Gasteiger partial charge in [-0.15, -0.1) is 0 Å². The molecule has 0 bridgehead atoms. The molecule has 0 N–H and O–H groups in total. The van der Waals surface area contributed by atoms with E-state index in [2.05, 4.69) is 0 Å². The Bertz CT molecular complexity index is 277. The van der Waals surface area contributed by atoms with Crippen LogP contribution in [0.25, 0.3) is 0 Å². The molecule has 5 nitrogen and oxygen atoms in total. The lowest BCUT2D eigenvalue weighted by Crippen LogP contribution is -2.33. The number of rotatable bonds is 4. The van der Waals surface area contributed by atoms with E-state index in [1.165, 1.54) is 12.2 Å². The topological polar surface area (TPSA) is 63.7 Å². The van der Waals surface area contributed by atoms with E-state index in [1.807, 2.05) is 0 Å². The number of ether oxygens (including phenoxy) is 1. The second-order valence-electron chi connectivity index (χ2n) is 2.74. The van der Waals surface area contributed by atoms with Crippen LogP contribution in [0.1, 0.15) is 13.3 Å². The van der Waals surface area contributed by atoms with Crippen LogP contribution in [0.4, 0.5) is 0 Å². The van der Waals surface area contributed by atoms with Crippen molar-refractivity contribution in [1.29, 1.82) is 0 Å². The molecule has 0 aliphatic carbocycles. The van der Waals surface area contributed by atoms with Crippen molar-refractivity contribution in [3.63, 3.8) is 0 Å². The Balaban J connectivity index is 2.29. The first-order chi connectivity index (χ1) is 6.65. The van der Waals surface area contributed by atoms with Crippen molar-refractivity contribution in [2.75, 3.05) is 13.2 Å². The van der Waals surface area contributed by atoms with E-state index in [9.17, 15) is 14.4 Å². The van der Waals surface area contributed by atoms with Crippen LogP contribution in [0.3, 0.4) is 0 Å². The number of imide groups is 1. The molecule has 0 saturated heterocycles. The van der Waals surface area contributed by atoms with Crippen molar-refractivity contribution < 1.29 is 19.1 Å². The van der Waals surface area contributed by atoms with Gasteiger partial charge in [0.05, 0.1) is 6.54 Å². The lowest BCUT2D eigenvalue weighted by molar-refractivity contribution is -0.147. The average molecular weight is 197 g/mol. The van der Waals surface area contributed by atoms with Crippen LogP contribution in [0.5, 0.6) is 0 Å². The maximum Gasteiger partial charge on any atom is 0.305 e. The van der Waals surface area contributed by atoms with Crippen molar-refractivity contribution in [3.05, 3.63) is 12.2 Å². The van der Waals surface area contributed by atoms with Crippen molar-refractivity contribution in [2.24, 2.45) is 0 Å². The van der Waals surface area contributed by atoms with Crippen molar-refractivity contribution in [2.45, 2.75) is 13.3 Å². The molecule has 14 heavy (non-hydrogen) atoms. The van der Waals surface area contributed by atoms with Gasteiger partial charge in [-0.05, 0) is 0 Å². The summed E-state index contributed by atoms with van der Waals surface area (Å²) in [5, 5.41) is 0.